The van der Waals surface area contributed by atoms with E-state index in [4.69, 9.17) is 10.00 Å². The van der Waals surface area contributed by atoms with Crippen molar-refractivity contribution in [2.45, 2.75) is 0 Å². The summed E-state index contributed by atoms with van der Waals surface area (Å²) in [5.41, 5.74) is 0. The zero-order chi connectivity index (χ0) is 8.10. The van der Waals surface area contributed by atoms with E-state index in [0.717, 1.165) is 6.20 Å². The van der Waals surface area contributed by atoms with Gasteiger partial charge < -0.3 is 4.74 Å². The molecule has 0 radical (unpaired) electrons. The molecule has 56 valence electrons. The van der Waals surface area contributed by atoms with Gasteiger partial charge in [0.1, 0.15) is 17.6 Å². The van der Waals surface area contributed by atoms with Crippen LogP contribution in [0.1, 0.15) is 0 Å². The van der Waals surface area contributed by atoms with Crippen LogP contribution in [0, 0.1) is 17.1 Å². The van der Waals surface area contributed by atoms with Gasteiger partial charge in [0, 0.05) is 6.07 Å². The molecular weight excluding hydrogens is 147 g/mol. The van der Waals surface area contributed by atoms with Gasteiger partial charge in [-0.25, -0.2) is 4.39 Å². The molecule has 0 atom stereocenters. The smallest absolute Gasteiger partial charge is 0.174 e. The minimum absolute atomic E-state index is 0.0921. The van der Waals surface area contributed by atoms with Crippen LogP contribution in [0.2, 0.25) is 0 Å². The molecule has 0 aliphatic rings. The van der Waals surface area contributed by atoms with Gasteiger partial charge in [-0.05, 0) is 0 Å². The third kappa shape index (κ3) is 2.22. The van der Waals surface area contributed by atoms with Crippen molar-refractivity contribution in [1.82, 2.24) is 4.98 Å². The minimum Gasteiger partial charge on any atom is -0.477 e. The summed E-state index contributed by atoms with van der Waals surface area (Å²) >= 11 is 0. The molecule has 1 aromatic heterocycles. The average Bonchev–Trinajstić information content (AvgIpc) is 2.01. The highest BCUT2D eigenvalue weighted by atomic mass is 19.1. The molecule has 0 unspecified atom stereocenters. The monoisotopic (exact) mass is 152 g/mol. The third-order valence-corrected chi connectivity index (χ3v) is 0.983. The molecule has 11 heavy (non-hydrogen) atoms. The molecule has 0 aliphatic carbocycles. The Morgan fingerprint density at radius 1 is 1.64 bits per heavy atom. The molecule has 0 N–H and O–H groups in total. The van der Waals surface area contributed by atoms with Crippen LogP contribution in [0.15, 0.2) is 18.5 Å². The lowest BCUT2D eigenvalue weighted by molar-refractivity contribution is 0.364. The molecule has 0 fully saturated rings. The van der Waals surface area contributed by atoms with Gasteiger partial charge >= 0.3 is 0 Å². The molecular formula is C7H5FN2O. The van der Waals surface area contributed by atoms with E-state index in [1.807, 2.05) is 0 Å². The number of ether oxygens (including phenoxy) is 1. The van der Waals surface area contributed by atoms with E-state index < -0.39 is 5.82 Å². The van der Waals surface area contributed by atoms with Crippen LogP contribution in [0.25, 0.3) is 0 Å². The summed E-state index contributed by atoms with van der Waals surface area (Å²) in [4.78, 5) is 3.53. The zero-order valence-electron chi connectivity index (χ0n) is 5.62. The van der Waals surface area contributed by atoms with Crippen LogP contribution in [0.3, 0.4) is 0 Å². The van der Waals surface area contributed by atoms with Crippen molar-refractivity contribution in [2.24, 2.45) is 0 Å². The van der Waals surface area contributed by atoms with Gasteiger partial charge in [0.2, 0.25) is 0 Å². The first-order valence-corrected chi connectivity index (χ1v) is 2.93. The Labute approximate surface area is 63.1 Å². The van der Waals surface area contributed by atoms with E-state index in [0.29, 0.717) is 0 Å². The third-order valence-electron chi connectivity index (χ3n) is 0.983. The number of aromatic nitrogens is 1. The second-order valence-corrected chi connectivity index (χ2v) is 1.79. The molecule has 1 rings (SSSR count). The number of halogens is 1. The van der Waals surface area contributed by atoms with Crippen molar-refractivity contribution in [3.8, 4) is 11.8 Å². The van der Waals surface area contributed by atoms with Crippen LogP contribution in [-0.4, -0.2) is 11.6 Å². The topological polar surface area (TPSA) is 45.9 Å². The van der Waals surface area contributed by atoms with Crippen LogP contribution in [-0.2, 0) is 0 Å². The first kappa shape index (κ1) is 7.48. The van der Waals surface area contributed by atoms with Gasteiger partial charge in [0.05, 0.1) is 12.4 Å². The number of hydrogen-bond donors (Lipinski definition) is 0. The number of hydrogen-bond acceptors (Lipinski definition) is 3. The maximum absolute atomic E-state index is 12.4. The quantitative estimate of drug-likeness (QED) is 0.637. The minimum atomic E-state index is -0.472. The normalized spacial score (nSPS) is 8.73. The van der Waals surface area contributed by atoms with Gasteiger partial charge in [-0.1, -0.05) is 0 Å². The number of rotatable bonds is 2. The predicted octanol–water partition coefficient (Wildman–Crippen LogP) is 1.12. The van der Waals surface area contributed by atoms with Gasteiger partial charge in [-0.15, -0.1) is 0 Å². The Morgan fingerprint density at radius 2 is 2.45 bits per heavy atom. The number of nitriles is 1. The lowest BCUT2D eigenvalue weighted by atomic mass is 10.4. The highest BCUT2D eigenvalue weighted by molar-refractivity contribution is 5.17. The summed E-state index contributed by atoms with van der Waals surface area (Å²) in [7, 11) is 0. The van der Waals surface area contributed by atoms with E-state index in [2.05, 4.69) is 4.98 Å². The largest absolute Gasteiger partial charge is 0.477 e. The molecule has 0 aromatic carbocycles. The van der Waals surface area contributed by atoms with E-state index in [1.54, 1.807) is 6.07 Å². The maximum Gasteiger partial charge on any atom is 0.174 e. The molecule has 1 heterocycles. The van der Waals surface area contributed by atoms with Crippen LogP contribution >= 0.6 is 0 Å². The van der Waals surface area contributed by atoms with Crippen molar-refractivity contribution >= 4 is 0 Å². The van der Waals surface area contributed by atoms with E-state index in [-0.39, 0.29) is 12.4 Å². The van der Waals surface area contributed by atoms with Crippen molar-refractivity contribution in [1.29, 1.82) is 5.26 Å². The maximum atomic E-state index is 12.4. The van der Waals surface area contributed by atoms with Crippen molar-refractivity contribution in [3.05, 3.63) is 24.3 Å². The Bertz CT molecular complexity index is 282. The summed E-state index contributed by atoms with van der Waals surface area (Å²) in [6.07, 6.45) is 2.42. The van der Waals surface area contributed by atoms with Gasteiger partial charge in [-0.2, -0.15) is 5.26 Å². The fourth-order valence-corrected chi connectivity index (χ4v) is 0.587. The first-order valence-electron chi connectivity index (χ1n) is 2.93. The molecule has 0 saturated heterocycles. The molecule has 0 aliphatic heterocycles. The lowest BCUT2D eigenvalue weighted by Crippen LogP contribution is -1.94. The average molecular weight is 152 g/mol. The number of pyridine rings is 1. The Hall–Kier alpha value is -1.63. The first-order chi connectivity index (χ1) is 5.33. The molecule has 1 aromatic rings. The Kier molecular flexibility index (Phi) is 2.39. The van der Waals surface area contributed by atoms with Gasteiger partial charge in [-0.3, -0.25) is 4.98 Å². The van der Waals surface area contributed by atoms with Crippen molar-refractivity contribution < 1.29 is 9.13 Å². The van der Waals surface area contributed by atoms with Crippen molar-refractivity contribution in [3.63, 3.8) is 0 Å². The summed E-state index contributed by atoms with van der Waals surface area (Å²) < 4.78 is 17.1. The van der Waals surface area contributed by atoms with Crippen LogP contribution < -0.4 is 4.74 Å². The fraction of sp³-hybridized carbons (Fsp3) is 0.143. The molecule has 0 amide bonds. The molecule has 0 bridgehead atoms. The van der Waals surface area contributed by atoms with E-state index in [1.165, 1.54) is 12.3 Å². The molecule has 0 spiro atoms. The molecule has 0 saturated carbocycles. The van der Waals surface area contributed by atoms with Gasteiger partial charge in [0.25, 0.3) is 0 Å². The second kappa shape index (κ2) is 3.52. The molecule has 3 nitrogen and oxygen atoms in total. The standard InChI is InChI=1S/C7H5FN2O/c8-6-3-7(5-10-4-6)11-2-1-9/h3-5H,2H2. The van der Waals surface area contributed by atoms with Crippen molar-refractivity contribution in [2.75, 3.05) is 6.61 Å². The predicted molar refractivity (Wildman–Crippen MR) is 35.3 cm³/mol. The Balaban J connectivity index is 2.65. The second-order valence-electron chi connectivity index (χ2n) is 1.79. The summed E-state index contributed by atoms with van der Waals surface area (Å²) in [6.45, 7) is -0.0921. The van der Waals surface area contributed by atoms with Crippen LogP contribution in [0.4, 0.5) is 4.39 Å². The summed E-state index contributed by atoms with van der Waals surface area (Å²) in [5, 5.41) is 8.11. The zero-order valence-corrected chi connectivity index (χ0v) is 5.62. The van der Waals surface area contributed by atoms with E-state index >= 15 is 0 Å². The number of nitrogens with zero attached hydrogens (tertiary/aromatic N) is 2. The summed E-state index contributed by atoms with van der Waals surface area (Å²) in [6, 6.07) is 2.93. The fourth-order valence-electron chi connectivity index (χ4n) is 0.587. The highest BCUT2D eigenvalue weighted by Crippen LogP contribution is 2.08. The van der Waals surface area contributed by atoms with Gasteiger partial charge in [0.15, 0.2) is 6.61 Å². The van der Waals surface area contributed by atoms with Crippen LogP contribution in [0.5, 0.6) is 5.75 Å². The lowest BCUT2D eigenvalue weighted by Gasteiger charge is -1.98. The highest BCUT2D eigenvalue weighted by Gasteiger charge is 1.94. The molecule has 4 heteroatoms. The SMILES string of the molecule is N#CCOc1cncc(F)c1. The van der Waals surface area contributed by atoms with E-state index in [9.17, 15) is 4.39 Å². The summed E-state index contributed by atoms with van der Waals surface area (Å²) in [5.74, 6) is -0.202. The Morgan fingerprint density at radius 3 is 3.09 bits per heavy atom.